The monoisotopic (exact) mass is 526 g/mol. The van der Waals surface area contributed by atoms with Crippen molar-refractivity contribution in [1.82, 2.24) is 9.55 Å². The first kappa shape index (κ1) is 23.1. The molecule has 8 nitrogen and oxygen atoms in total. The minimum absolute atomic E-state index is 0.0461. The van der Waals surface area contributed by atoms with E-state index < -0.39 is 14.2 Å². The Bertz CT molecular complexity index is 1440. The molecule has 4 fully saturated rings. The first-order valence-electron chi connectivity index (χ1n) is 12.5. The van der Waals surface area contributed by atoms with Crippen LogP contribution in [0.1, 0.15) is 38.5 Å². The Kier molecular flexibility index (Phi) is 4.97. The fourth-order valence-electron chi connectivity index (χ4n) is 8.67. The number of nitrogens with zero attached hydrogens (tertiary/aromatic N) is 1. The van der Waals surface area contributed by atoms with Gasteiger partial charge in [0.1, 0.15) is 5.52 Å². The Hall–Kier alpha value is -2.03. The fourth-order valence-corrected chi connectivity index (χ4v) is 9.67. The summed E-state index contributed by atoms with van der Waals surface area (Å²) < 4.78 is 11.0. The predicted molar refractivity (Wildman–Crippen MR) is 145 cm³/mol. The van der Waals surface area contributed by atoms with Crippen LogP contribution < -0.4 is 15.6 Å². The van der Waals surface area contributed by atoms with Gasteiger partial charge in [0.15, 0.2) is 0 Å². The molecule has 7 rings (SSSR count). The molecule has 3 aromatic rings. The van der Waals surface area contributed by atoms with E-state index in [1.54, 1.807) is 23.6 Å². The Morgan fingerprint density at radius 3 is 2.86 bits per heavy atom. The summed E-state index contributed by atoms with van der Waals surface area (Å²) in [6, 6.07) is 8.34. The third-order valence-electron chi connectivity index (χ3n) is 9.57. The molecule has 36 heavy (non-hydrogen) atoms. The van der Waals surface area contributed by atoms with Crippen LogP contribution in [0.15, 0.2) is 41.5 Å². The van der Waals surface area contributed by atoms with Gasteiger partial charge in [0.25, 0.3) is 5.56 Å². The zero-order chi connectivity index (χ0) is 24.9. The van der Waals surface area contributed by atoms with Crippen molar-refractivity contribution < 1.29 is 14.3 Å². The lowest BCUT2D eigenvalue weighted by atomic mass is 9.53. The van der Waals surface area contributed by atoms with E-state index >= 15 is 0 Å². The molecule has 5 atom stereocenters. The lowest BCUT2D eigenvalue weighted by Crippen LogP contribution is -2.58. The number of hydrogen-bond acceptors (Lipinski definition) is 7. The van der Waals surface area contributed by atoms with Gasteiger partial charge >= 0.3 is 8.60 Å². The number of fused-ring (bicyclic) bond motifs is 3. The van der Waals surface area contributed by atoms with E-state index in [4.69, 9.17) is 4.52 Å². The fraction of sp³-hybridized carbons (Fsp3) is 0.500. The molecule has 1 spiro atoms. The molecule has 4 saturated carbocycles. The highest BCUT2D eigenvalue weighted by atomic mass is 32.2. The summed E-state index contributed by atoms with van der Waals surface area (Å²) in [5.74, 6) is 1.27. The number of H-pyrrole nitrogens is 1. The third-order valence-corrected chi connectivity index (χ3v) is 10.5. The lowest BCUT2D eigenvalue weighted by molar-refractivity contribution is -0.161. The highest BCUT2D eigenvalue weighted by molar-refractivity contribution is 7.99. The van der Waals surface area contributed by atoms with Crippen LogP contribution in [-0.4, -0.2) is 36.7 Å². The number of pyridine rings is 1. The number of hydrogen-bond donors (Lipinski definition) is 5. The average Bonchev–Trinajstić information content (AvgIpc) is 3.42. The van der Waals surface area contributed by atoms with Gasteiger partial charge in [-0.3, -0.25) is 4.79 Å². The second kappa shape index (κ2) is 7.74. The summed E-state index contributed by atoms with van der Waals surface area (Å²) in [4.78, 5) is 35.6. The number of anilines is 2. The number of rotatable bonds is 7. The Balaban J connectivity index is 1.34. The van der Waals surface area contributed by atoms with Crippen molar-refractivity contribution in [1.29, 1.82) is 0 Å². The van der Waals surface area contributed by atoms with Crippen LogP contribution in [-0.2, 0) is 11.6 Å². The Labute approximate surface area is 215 Å². The zero-order valence-corrected chi connectivity index (χ0v) is 22.1. The second-order valence-corrected chi connectivity index (χ2v) is 12.8. The van der Waals surface area contributed by atoms with Gasteiger partial charge in [-0.25, -0.2) is 0 Å². The van der Waals surface area contributed by atoms with Crippen LogP contribution in [0.4, 0.5) is 11.4 Å². The summed E-state index contributed by atoms with van der Waals surface area (Å²) in [6.45, 7) is 0. The van der Waals surface area contributed by atoms with Crippen molar-refractivity contribution in [2.45, 2.75) is 49.7 Å². The molecule has 2 heterocycles. The van der Waals surface area contributed by atoms with E-state index in [2.05, 4.69) is 33.2 Å². The molecule has 0 aliphatic heterocycles. The first-order chi connectivity index (χ1) is 17.3. The van der Waals surface area contributed by atoms with Crippen molar-refractivity contribution in [2.75, 3.05) is 16.3 Å². The Morgan fingerprint density at radius 2 is 2.06 bits per heavy atom. The third kappa shape index (κ3) is 3.07. The van der Waals surface area contributed by atoms with Gasteiger partial charge in [-0.2, -0.15) is 0 Å². The molecule has 5 N–H and O–H groups in total. The molecule has 0 radical (unpaired) electrons. The molecule has 3 bridgehead atoms. The van der Waals surface area contributed by atoms with Gasteiger partial charge in [0.05, 0.1) is 5.60 Å². The molecule has 1 aromatic carbocycles. The van der Waals surface area contributed by atoms with Gasteiger partial charge < -0.3 is 33.9 Å². The predicted octanol–water partition coefficient (Wildman–Crippen LogP) is 4.95. The summed E-state index contributed by atoms with van der Waals surface area (Å²) in [7, 11) is -0.603. The molecule has 2 aromatic heterocycles. The number of aryl methyl sites for hydroxylation is 1. The minimum Gasteiger partial charge on any atom is -0.379 e. The van der Waals surface area contributed by atoms with E-state index in [9.17, 15) is 14.6 Å². The number of aromatic amines is 1. The van der Waals surface area contributed by atoms with Gasteiger partial charge in [0.2, 0.25) is 0 Å². The van der Waals surface area contributed by atoms with Gasteiger partial charge in [-0.15, -0.1) is 0 Å². The summed E-state index contributed by atoms with van der Waals surface area (Å²) in [5.41, 5.74) is 4.09. The van der Waals surface area contributed by atoms with E-state index in [0.29, 0.717) is 17.4 Å². The standard InChI is InChI=1S/C26H31N4O4PS/c1-30-12-20(18-5-6-27-22(18)23(30)31)19-8-17(29-36-2)3-4-21(19)28-24-9-15-7-16-11-26(14-24,34-35(32)33)25(16,10-15)13-24/h3-6,8,12,15-16,27-29,32-33H,7,9-11,13-14H2,1-2H3. The molecule has 190 valence electrons. The molecule has 5 unspecified atom stereocenters. The maximum Gasteiger partial charge on any atom is 0.327 e. The van der Waals surface area contributed by atoms with Crippen LogP contribution in [0.25, 0.3) is 22.0 Å². The summed E-state index contributed by atoms with van der Waals surface area (Å²) >= 11 is 1.55. The average molecular weight is 527 g/mol. The van der Waals surface area contributed by atoms with Crippen molar-refractivity contribution in [3.63, 3.8) is 0 Å². The molecule has 0 amide bonds. The van der Waals surface area contributed by atoms with Crippen molar-refractivity contribution in [3.8, 4) is 11.1 Å². The highest BCUT2D eigenvalue weighted by Gasteiger charge is 2.79. The van der Waals surface area contributed by atoms with Crippen LogP contribution in [0, 0.1) is 17.3 Å². The lowest BCUT2D eigenvalue weighted by Gasteiger charge is -2.57. The largest absolute Gasteiger partial charge is 0.379 e. The normalized spacial score (nSPS) is 33.8. The number of nitrogens with one attached hydrogen (secondary N) is 3. The quantitative estimate of drug-likeness (QED) is 0.219. The summed E-state index contributed by atoms with van der Waals surface area (Å²) in [6.07, 6.45) is 11.9. The molecule has 4 aliphatic rings. The first-order valence-corrected chi connectivity index (χ1v) is 14.9. The highest BCUT2D eigenvalue weighted by Crippen LogP contribution is 2.80. The maximum atomic E-state index is 12.7. The van der Waals surface area contributed by atoms with Crippen molar-refractivity contribution in [2.24, 2.45) is 24.3 Å². The van der Waals surface area contributed by atoms with Crippen molar-refractivity contribution >= 4 is 42.8 Å². The van der Waals surface area contributed by atoms with Gasteiger partial charge in [-0.1, -0.05) is 11.9 Å². The van der Waals surface area contributed by atoms with E-state index in [1.165, 1.54) is 6.42 Å². The zero-order valence-electron chi connectivity index (χ0n) is 20.4. The smallest absolute Gasteiger partial charge is 0.327 e. The van der Waals surface area contributed by atoms with Crippen LogP contribution >= 0.6 is 20.6 Å². The van der Waals surface area contributed by atoms with Crippen LogP contribution in [0.2, 0.25) is 0 Å². The van der Waals surface area contributed by atoms with E-state index in [1.807, 2.05) is 24.7 Å². The van der Waals surface area contributed by atoms with Crippen LogP contribution in [0.3, 0.4) is 0 Å². The van der Waals surface area contributed by atoms with Crippen molar-refractivity contribution in [3.05, 3.63) is 47.0 Å². The van der Waals surface area contributed by atoms with Gasteiger partial charge in [-0.05, 0) is 68.2 Å². The second-order valence-electron chi connectivity index (χ2n) is 11.5. The molecule has 4 aliphatic carbocycles. The Morgan fingerprint density at radius 1 is 1.19 bits per heavy atom. The molecule has 0 saturated heterocycles. The van der Waals surface area contributed by atoms with E-state index in [-0.39, 0.29) is 16.5 Å². The molecular weight excluding hydrogens is 495 g/mol. The maximum absolute atomic E-state index is 12.7. The summed E-state index contributed by atoms with van der Waals surface area (Å²) in [5, 5.41) is 4.90. The minimum atomic E-state index is -2.39. The molecule has 10 heteroatoms. The topological polar surface area (TPSA) is 112 Å². The molecular formula is C26H31N4O4PS. The number of aromatic nitrogens is 2. The van der Waals surface area contributed by atoms with Gasteiger partial charge in [0, 0.05) is 71.0 Å². The number of benzene rings is 1. The van der Waals surface area contributed by atoms with Crippen LogP contribution in [0.5, 0.6) is 0 Å². The SMILES string of the molecule is CSNc1ccc(NC23CC4CC5CC(OP(O)O)(C2)C5(C4)C3)c(-c2cn(C)c(=O)c3[nH]ccc23)c1. The van der Waals surface area contributed by atoms with E-state index in [0.717, 1.165) is 60.0 Å².